The number of benzene rings is 1. The maximum absolute atomic E-state index is 12.2. The lowest BCUT2D eigenvalue weighted by Gasteiger charge is -2.22. The van der Waals surface area contributed by atoms with Crippen LogP contribution in [0.15, 0.2) is 36.4 Å². The molecule has 1 aliphatic rings. The number of hydrogen-bond donors (Lipinski definition) is 2. The first-order valence-corrected chi connectivity index (χ1v) is 8.30. The summed E-state index contributed by atoms with van der Waals surface area (Å²) in [6.07, 6.45) is 5.73. The molecule has 0 spiro atoms. The molecule has 0 saturated heterocycles. The van der Waals surface area contributed by atoms with Gasteiger partial charge >= 0.3 is 0 Å². The van der Waals surface area contributed by atoms with Crippen LogP contribution < -0.4 is 15.4 Å². The first-order valence-electron chi connectivity index (χ1n) is 8.30. The van der Waals surface area contributed by atoms with Crippen molar-refractivity contribution in [2.75, 3.05) is 12.4 Å². The Morgan fingerprint density at radius 2 is 1.79 bits per heavy atom. The third-order valence-electron chi connectivity index (χ3n) is 4.20. The number of ether oxygens (including phenoxy) is 1. The van der Waals surface area contributed by atoms with Gasteiger partial charge in [0.1, 0.15) is 5.75 Å². The van der Waals surface area contributed by atoms with Gasteiger partial charge in [-0.1, -0.05) is 19.3 Å². The zero-order valence-corrected chi connectivity index (χ0v) is 13.8. The summed E-state index contributed by atoms with van der Waals surface area (Å²) < 4.78 is 5.12. The van der Waals surface area contributed by atoms with Crippen LogP contribution in [0.1, 0.15) is 42.6 Å². The Kier molecular flexibility index (Phi) is 5.25. The van der Waals surface area contributed by atoms with Crippen molar-refractivity contribution in [2.45, 2.75) is 38.1 Å². The zero-order valence-electron chi connectivity index (χ0n) is 13.8. The Morgan fingerprint density at radius 1 is 1.04 bits per heavy atom. The monoisotopic (exact) mass is 326 g/mol. The molecule has 126 valence electrons. The van der Waals surface area contributed by atoms with Crippen molar-refractivity contribution in [3.05, 3.63) is 42.1 Å². The van der Waals surface area contributed by atoms with E-state index >= 15 is 0 Å². The number of nitrogens with zero attached hydrogens (tertiary/aromatic N) is 2. The van der Waals surface area contributed by atoms with Crippen LogP contribution >= 0.6 is 0 Å². The van der Waals surface area contributed by atoms with Crippen LogP contribution in [-0.2, 0) is 0 Å². The number of carbonyl (C=O) groups excluding carboxylic acids is 1. The molecule has 1 aliphatic carbocycles. The highest BCUT2D eigenvalue weighted by atomic mass is 16.5. The van der Waals surface area contributed by atoms with Crippen molar-refractivity contribution in [1.29, 1.82) is 0 Å². The highest BCUT2D eigenvalue weighted by molar-refractivity contribution is 5.92. The number of nitrogens with one attached hydrogen (secondary N) is 2. The Labute approximate surface area is 141 Å². The van der Waals surface area contributed by atoms with Gasteiger partial charge in [0, 0.05) is 11.7 Å². The molecule has 6 heteroatoms. The predicted octanol–water partition coefficient (Wildman–Crippen LogP) is 3.29. The molecule has 0 atom stereocenters. The molecule has 3 rings (SSSR count). The number of amides is 1. The summed E-state index contributed by atoms with van der Waals surface area (Å²) >= 11 is 0. The van der Waals surface area contributed by atoms with Crippen molar-refractivity contribution in [3.8, 4) is 5.75 Å². The van der Waals surface area contributed by atoms with Crippen LogP contribution in [-0.4, -0.2) is 29.3 Å². The molecule has 2 N–H and O–H groups in total. The molecule has 1 aromatic carbocycles. The average Bonchev–Trinajstić information content (AvgIpc) is 2.64. The molecule has 2 aromatic rings. The molecule has 1 fully saturated rings. The minimum atomic E-state index is -0.148. The third kappa shape index (κ3) is 4.22. The molecule has 0 radical (unpaired) electrons. The number of aromatic nitrogens is 2. The third-order valence-corrected chi connectivity index (χ3v) is 4.20. The van der Waals surface area contributed by atoms with E-state index in [0.29, 0.717) is 11.5 Å². The molecular weight excluding hydrogens is 304 g/mol. The van der Waals surface area contributed by atoms with E-state index < -0.39 is 0 Å². The van der Waals surface area contributed by atoms with Crippen molar-refractivity contribution in [1.82, 2.24) is 15.5 Å². The maximum atomic E-state index is 12.2. The molecule has 1 aromatic heterocycles. The van der Waals surface area contributed by atoms with Crippen LogP contribution in [0.25, 0.3) is 0 Å². The normalized spacial score (nSPS) is 14.9. The molecule has 1 saturated carbocycles. The van der Waals surface area contributed by atoms with Gasteiger partial charge in [0.15, 0.2) is 11.5 Å². The van der Waals surface area contributed by atoms with Gasteiger partial charge in [-0.2, -0.15) is 0 Å². The molecule has 6 nitrogen and oxygen atoms in total. The van der Waals surface area contributed by atoms with E-state index in [4.69, 9.17) is 4.74 Å². The summed E-state index contributed by atoms with van der Waals surface area (Å²) in [5.74, 6) is 1.24. The summed E-state index contributed by atoms with van der Waals surface area (Å²) in [6, 6.07) is 11.2. The summed E-state index contributed by atoms with van der Waals surface area (Å²) in [5.41, 5.74) is 1.23. The minimum absolute atomic E-state index is 0.148. The highest BCUT2D eigenvalue weighted by Crippen LogP contribution is 2.19. The van der Waals surface area contributed by atoms with Crippen LogP contribution in [0, 0.1) is 0 Å². The smallest absolute Gasteiger partial charge is 0.272 e. The Hall–Kier alpha value is -2.63. The molecule has 1 heterocycles. The lowest BCUT2D eigenvalue weighted by molar-refractivity contribution is 0.0921. The van der Waals surface area contributed by atoms with Crippen molar-refractivity contribution < 1.29 is 9.53 Å². The number of carbonyl (C=O) groups is 1. The predicted molar refractivity (Wildman–Crippen MR) is 92.6 cm³/mol. The van der Waals surface area contributed by atoms with Crippen LogP contribution in [0.5, 0.6) is 5.75 Å². The molecule has 0 aliphatic heterocycles. The Morgan fingerprint density at radius 3 is 2.42 bits per heavy atom. The zero-order chi connectivity index (χ0) is 16.8. The topological polar surface area (TPSA) is 76.1 Å². The number of anilines is 2. The fraction of sp³-hybridized carbons (Fsp3) is 0.389. The van der Waals surface area contributed by atoms with Gasteiger partial charge in [-0.15, -0.1) is 10.2 Å². The number of methoxy groups -OCH3 is 1. The van der Waals surface area contributed by atoms with Gasteiger partial charge < -0.3 is 15.4 Å². The fourth-order valence-corrected chi connectivity index (χ4v) is 2.85. The van der Waals surface area contributed by atoms with Gasteiger partial charge in [-0.05, 0) is 49.2 Å². The summed E-state index contributed by atoms with van der Waals surface area (Å²) in [7, 11) is 1.63. The Bertz CT molecular complexity index is 664. The molecule has 0 bridgehead atoms. The second-order valence-corrected chi connectivity index (χ2v) is 5.97. The van der Waals surface area contributed by atoms with Crippen molar-refractivity contribution in [2.24, 2.45) is 0 Å². The molecule has 1 amide bonds. The van der Waals surface area contributed by atoms with E-state index in [-0.39, 0.29) is 11.9 Å². The quantitative estimate of drug-likeness (QED) is 0.882. The van der Waals surface area contributed by atoms with Gasteiger partial charge in [-0.3, -0.25) is 4.79 Å². The van der Waals surface area contributed by atoms with E-state index in [1.165, 1.54) is 19.3 Å². The van der Waals surface area contributed by atoms with E-state index in [9.17, 15) is 4.79 Å². The highest BCUT2D eigenvalue weighted by Gasteiger charge is 2.17. The van der Waals surface area contributed by atoms with E-state index in [1.807, 2.05) is 24.3 Å². The number of hydrogen-bond acceptors (Lipinski definition) is 5. The van der Waals surface area contributed by atoms with Gasteiger partial charge in [0.05, 0.1) is 7.11 Å². The maximum Gasteiger partial charge on any atom is 0.272 e. The van der Waals surface area contributed by atoms with Gasteiger partial charge in [-0.25, -0.2) is 0 Å². The van der Waals surface area contributed by atoms with Crippen LogP contribution in [0.4, 0.5) is 11.5 Å². The summed E-state index contributed by atoms with van der Waals surface area (Å²) in [4.78, 5) is 12.2. The first-order chi connectivity index (χ1) is 11.7. The van der Waals surface area contributed by atoms with E-state index in [2.05, 4.69) is 20.8 Å². The fourth-order valence-electron chi connectivity index (χ4n) is 2.85. The van der Waals surface area contributed by atoms with Crippen molar-refractivity contribution in [3.63, 3.8) is 0 Å². The standard InChI is InChI=1S/C18H22N4O2/c1-24-15-9-7-14(8-10-15)19-17-12-11-16(21-22-17)18(23)20-13-5-3-2-4-6-13/h7-13H,2-6H2,1H3,(H,19,22)(H,20,23). The average molecular weight is 326 g/mol. The van der Waals surface area contributed by atoms with E-state index in [1.54, 1.807) is 19.2 Å². The number of rotatable bonds is 5. The molecule has 0 unspecified atom stereocenters. The SMILES string of the molecule is COc1ccc(Nc2ccc(C(=O)NC3CCCCC3)nn2)cc1. The van der Waals surface area contributed by atoms with Gasteiger partial charge in [0.2, 0.25) is 0 Å². The lowest BCUT2D eigenvalue weighted by Crippen LogP contribution is -2.36. The summed E-state index contributed by atoms with van der Waals surface area (Å²) in [6.45, 7) is 0. The second-order valence-electron chi connectivity index (χ2n) is 5.97. The Balaban J connectivity index is 1.58. The minimum Gasteiger partial charge on any atom is -0.497 e. The first kappa shape index (κ1) is 16.2. The second kappa shape index (κ2) is 7.77. The van der Waals surface area contributed by atoms with Gasteiger partial charge in [0.25, 0.3) is 5.91 Å². The molecule has 24 heavy (non-hydrogen) atoms. The largest absolute Gasteiger partial charge is 0.497 e. The van der Waals surface area contributed by atoms with Crippen molar-refractivity contribution >= 4 is 17.4 Å². The van der Waals surface area contributed by atoms with Crippen LogP contribution in [0.2, 0.25) is 0 Å². The van der Waals surface area contributed by atoms with Crippen LogP contribution in [0.3, 0.4) is 0 Å². The molecular formula is C18H22N4O2. The lowest BCUT2D eigenvalue weighted by atomic mass is 9.95. The van der Waals surface area contributed by atoms with E-state index in [0.717, 1.165) is 24.3 Å². The summed E-state index contributed by atoms with van der Waals surface area (Å²) in [5, 5.41) is 14.3.